The van der Waals surface area contributed by atoms with Crippen molar-refractivity contribution in [1.29, 1.82) is 0 Å². The van der Waals surface area contributed by atoms with Crippen molar-refractivity contribution in [3.63, 3.8) is 0 Å². The Morgan fingerprint density at radius 3 is 2.56 bits per heavy atom. The lowest BCUT2D eigenvalue weighted by molar-refractivity contribution is -0.384. The average molecular weight is 491 g/mol. The molecule has 0 aliphatic rings. The van der Waals surface area contributed by atoms with Gasteiger partial charge in [-0.2, -0.15) is 4.68 Å². The number of carbonyl (C=O) groups is 1. The van der Waals surface area contributed by atoms with Gasteiger partial charge in [0, 0.05) is 28.2 Å². The summed E-state index contributed by atoms with van der Waals surface area (Å²) < 4.78 is 1.92. The van der Waals surface area contributed by atoms with Crippen LogP contribution in [0.4, 0.5) is 5.69 Å². The smallest absolute Gasteiger partial charge is 0.268 e. The highest BCUT2D eigenvalue weighted by atomic mass is 79.9. The van der Waals surface area contributed by atoms with Crippen LogP contribution < -0.4 is 11.0 Å². The fourth-order valence-corrected chi connectivity index (χ4v) is 3.35. The molecule has 4 aromatic rings. The summed E-state index contributed by atoms with van der Waals surface area (Å²) >= 11 is 3.35. The Morgan fingerprint density at radius 2 is 1.81 bits per heavy atom. The van der Waals surface area contributed by atoms with Gasteiger partial charge in [-0.3, -0.25) is 25.1 Å². The molecule has 32 heavy (non-hydrogen) atoms. The Balaban J connectivity index is 1.78. The van der Waals surface area contributed by atoms with Gasteiger partial charge in [-0.15, -0.1) is 0 Å². The van der Waals surface area contributed by atoms with Crippen molar-refractivity contribution in [3.05, 3.63) is 109 Å². The molecule has 0 unspecified atom stereocenters. The Kier molecular flexibility index (Phi) is 5.91. The van der Waals surface area contributed by atoms with Crippen LogP contribution in [0, 0.1) is 10.1 Å². The molecule has 1 N–H and O–H groups in total. The molecule has 3 aromatic carbocycles. The minimum atomic E-state index is -0.557. The summed E-state index contributed by atoms with van der Waals surface area (Å²) in [5.41, 5.74) is 3.41. The van der Waals surface area contributed by atoms with Crippen molar-refractivity contribution in [3.8, 4) is 11.4 Å². The Bertz CT molecular complexity index is 1430. The van der Waals surface area contributed by atoms with Gasteiger partial charge in [0.2, 0.25) is 0 Å². The lowest BCUT2D eigenvalue weighted by atomic mass is 10.1. The van der Waals surface area contributed by atoms with E-state index in [2.05, 4.69) is 26.3 Å². The third kappa shape index (κ3) is 4.47. The molecule has 1 heterocycles. The first-order chi connectivity index (χ1) is 15.4. The number of rotatable bonds is 5. The number of halogens is 1. The van der Waals surface area contributed by atoms with E-state index in [9.17, 15) is 19.7 Å². The maximum Gasteiger partial charge on any atom is 0.280 e. The number of nitro groups is 1. The molecule has 1 aromatic heterocycles. The normalized spacial score (nSPS) is 11.0. The van der Waals surface area contributed by atoms with E-state index >= 15 is 0 Å². The minimum absolute atomic E-state index is 0.0859. The summed E-state index contributed by atoms with van der Waals surface area (Å²) in [5.74, 6) is -0.471. The summed E-state index contributed by atoms with van der Waals surface area (Å²) in [6, 6.07) is 19.7. The molecule has 0 saturated heterocycles. The molecule has 0 aliphatic heterocycles. The first-order valence-electron chi connectivity index (χ1n) is 9.43. The molecule has 1 amide bonds. The molecule has 0 fully saturated rings. The second-order valence-corrected chi connectivity index (χ2v) is 7.68. The zero-order chi connectivity index (χ0) is 22.7. The number of carbonyl (C=O) groups excluding carboxylic acids is 1. The van der Waals surface area contributed by atoms with Gasteiger partial charge in [0.25, 0.3) is 17.2 Å². The Morgan fingerprint density at radius 1 is 1.06 bits per heavy atom. The molecular formula is C23H15BrN4O4. The third-order valence-electron chi connectivity index (χ3n) is 4.61. The van der Waals surface area contributed by atoms with Crippen molar-refractivity contribution in [2.75, 3.05) is 5.43 Å². The number of non-ortho nitro benzene ring substituents is 1. The number of nitrogens with zero attached hydrogens (tertiary/aromatic N) is 3. The van der Waals surface area contributed by atoms with Gasteiger partial charge in [0.05, 0.1) is 15.8 Å². The van der Waals surface area contributed by atoms with Crippen molar-refractivity contribution in [1.82, 2.24) is 9.66 Å². The number of hydrogen-bond acceptors (Lipinski definition) is 5. The van der Waals surface area contributed by atoms with Crippen LogP contribution in [-0.2, 0) is 4.79 Å². The molecule has 0 radical (unpaired) electrons. The largest absolute Gasteiger partial charge is 0.280 e. The van der Waals surface area contributed by atoms with Crippen LogP contribution in [-0.4, -0.2) is 20.5 Å². The van der Waals surface area contributed by atoms with Crippen LogP contribution in [0.25, 0.3) is 28.4 Å². The molecule has 0 saturated carbocycles. The van der Waals surface area contributed by atoms with Crippen molar-refractivity contribution < 1.29 is 9.72 Å². The van der Waals surface area contributed by atoms with E-state index in [0.29, 0.717) is 16.5 Å². The van der Waals surface area contributed by atoms with Gasteiger partial charge in [-0.1, -0.05) is 52.3 Å². The first kappa shape index (κ1) is 21.1. The van der Waals surface area contributed by atoms with Crippen molar-refractivity contribution in [2.24, 2.45) is 0 Å². The summed E-state index contributed by atoms with van der Waals surface area (Å²) in [6.07, 6.45) is 2.90. The number of fused-ring (bicyclic) bond motifs is 1. The van der Waals surface area contributed by atoms with E-state index in [0.717, 1.165) is 14.7 Å². The van der Waals surface area contributed by atoms with Crippen LogP contribution in [0.2, 0.25) is 0 Å². The van der Waals surface area contributed by atoms with Gasteiger partial charge >= 0.3 is 0 Å². The molecular weight excluding hydrogens is 476 g/mol. The summed E-state index contributed by atoms with van der Waals surface area (Å²) in [4.78, 5) is 40.9. The zero-order valence-corrected chi connectivity index (χ0v) is 18.0. The third-order valence-corrected chi connectivity index (χ3v) is 5.14. The molecule has 0 bridgehead atoms. The van der Waals surface area contributed by atoms with Crippen LogP contribution in [0.5, 0.6) is 0 Å². The zero-order valence-electron chi connectivity index (χ0n) is 16.4. The number of para-hydroxylation sites is 1. The average Bonchev–Trinajstić information content (AvgIpc) is 2.80. The summed E-state index contributed by atoms with van der Waals surface area (Å²) in [5, 5.41) is 11.5. The number of amides is 1. The molecule has 9 heteroatoms. The van der Waals surface area contributed by atoms with Crippen LogP contribution in [0.15, 0.2) is 88.1 Å². The quantitative estimate of drug-likeness (QED) is 0.251. The van der Waals surface area contributed by atoms with Crippen molar-refractivity contribution in [2.45, 2.75) is 0 Å². The van der Waals surface area contributed by atoms with Gasteiger partial charge in [-0.25, -0.2) is 4.98 Å². The number of aromatic nitrogens is 2. The highest BCUT2D eigenvalue weighted by Gasteiger charge is 2.16. The fourth-order valence-electron chi connectivity index (χ4n) is 3.08. The molecule has 0 aliphatic carbocycles. The first-order valence-corrected chi connectivity index (χ1v) is 10.2. The minimum Gasteiger partial charge on any atom is -0.268 e. The maximum absolute atomic E-state index is 13.1. The fraction of sp³-hybridized carbons (Fsp3) is 0. The van der Waals surface area contributed by atoms with E-state index in [1.54, 1.807) is 36.4 Å². The molecule has 4 rings (SSSR count). The van der Waals surface area contributed by atoms with E-state index in [1.807, 2.05) is 24.3 Å². The van der Waals surface area contributed by atoms with Gasteiger partial charge in [0.15, 0.2) is 5.82 Å². The van der Waals surface area contributed by atoms with Gasteiger partial charge in [0.1, 0.15) is 0 Å². The second kappa shape index (κ2) is 8.94. The SMILES string of the molecule is O=C(/C=C/c1ccc(Br)cc1)Nn1c(-c2cccc([N+](=O)[O-])c2)nc2ccccc2c1=O. The monoisotopic (exact) mass is 490 g/mol. The highest BCUT2D eigenvalue weighted by Crippen LogP contribution is 2.23. The Hall–Kier alpha value is -4.11. The molecule has 158 valence electrons. The van der Waals surface area contributed by atoms with Crippen molar-refractivity contribution >= 4 is 44.5 Å². The van der Waals surface area contributed by atoms with E-state index in [1.165, 1.54) is 24.3 Å². The van der Waals surface area contributed by atoms with Crippen LogP contribution in [0.1, 0.15) is 5.56 Å². The van der Waals surface area contributed by atoms with Gasteiger partial charge in [-0.05, 0) is 35.9 Å². The van der Waals surface area contributed by atoms with Crippen LogP contribution in [0.3, 0.4) is 0 Å². The van der Waals surface area contributed by atoms with E-state index < -0.39 is 16.4 Å². The van der Waals surface area contributed by atoms with E-state index in [4.69, 9.17) is 0 Å². The Labute approximate surface area is 190 Å². The predicted molar refractivity (Wildman–Crippen MR) is 126 cm³/mol. The topological polar surface area (TPSA) is 107 Å². The van der Waals surface area contributed by atoms with Crippen LogP contribution >= 0.6 is 15.9 Å². The number of nitro benzene ring substituents is 1. The molecule has 0 spiro atoms. The molecule has 0 atom stereocenters. The lowest BCUT2D eigenvalue weighted by Crippen LogP contribution is -2.34. The second-order valence-electron chi connectivity index (χ2n) is 6.76. The standard InChI is InChI=1S/C23H15BrN4O4/c24-17-11-8-15(9-12-17)10-13-21(29)26-27-22(16-4-3-5-18(14-16)28(31)32)25-20-7-2-1-6-19(20)23(27)30/h1-14H,(H,26,29)/b13-10+. The van der Waals surface area contributed by atoms with Gasteiger partial charge < -0.3 is 0 Å². The predicted octanol–water partition coefficient (Wildman–Crippen LogP) is 4.52. The highest BCUT2D eigenvalue weighted by molar-refractivity contribution is 9.10. The van der Waals surface area contributed by atoms with E-state index in [-0.39, 0.29) is 11.5 Å². The summed E-state index contributed by atoms with van der Waals surface area (Å²) in [6.45, 7) is 0. The summed E-state index contributed by atoms with van der Waals surface area (Å²) in [7, 11) is 0. The maximum atomic E-state index is 13.1. The number of nitrogens with one attached hydrogen (secondary N) is 1. The number of hydrogen-bond donors (Lipinski definition) is 1. The number of benzene rings is 3. The lowest BCUT2D eigenvalue weighted by Gasteiger charge is -2.13. The molecule has 8 nitrogen and oxygen atoms in total.